The summed E-state index contributed by atoms with van der Waals surface area (Å²) in [6.45, 7) is 13.7. The van der Waals surface area contributed by atoms with Gasteiger partial charge in [-0.25, -0.2) is 0 Å². The predicted octanol–water partition coefficient (Wildman–Crippen LogP) is 4.45. The summed E-state index contributed by atoms with van der Waals surface area (Å²) in [4.78, 5) is 13.9. The first-order valence-corrected chi connectivity index (χ1v) is 8.99. The topological polar surface area (TPSA) is 49.8 Å². The van der Waals surface area contributed by atoms with E-state index in [1.54, 1.807) is 0 Å². The summed E-state index contributed by atoms with van der Waals surface area (Å²) in [5.74, 6) is 0.196. The average molecular weight is 386 g/mol. The number of halogens is 1. The second-order valence-corrected chi connectivity index (χ2v) is 9.06. The van der Waals surface area contributed by atoms with Gasteiger partial charge in [-0.15, -0.1) is 12.4 Å². The molecule has 0 atom stereocenters. The molecule has 0 aliphatic rings. The molecule has 1 N–H and O–H groups in total. The van der Waals surface area contributed by atoms with Crippen LogP contribution in [-0.4, -0.2) is 43.2 Å². The van der Waals surface area contributed by atoms with Crippen LogP contribution in [0, 0.1) is 0 Å². The van der Waals surface area contributed by atoms with Crippen LogP contribution in [0.15, 0.2) is 12.1 Å². The van der Waals surface area contributed by atoms with Crippen molar-refractivity contribution >= 4 is 18.4 Å². The first-order chi connectivity index (χ1) is 11.3. The fourth-order valence-corrected chi connectivity index (χ4v) is 2.64. The Bertz CT molecular complexity index is 563. The molecule has 0 amide bonds. The molecule has 0 unspecified atom stereocenters. The number of phenols is 1. The Kier molecular flexibility index (Phi) is 9.14. The van der Waals surface area contributed by atoms with Gasteiger partial charge in [-0.1, -0.05) is 53.7 Å². The predicted molar refractivity (Wildman–Crippen MR) is 111 cm³/mol. The van der Waals surface area contributed by atoms with E-state index in [0.29, 0.717) is 25.2 Å². The van der Waals surface area contributed by atoms with E-state index in [4.69, 9.17) is 4.74 Å². The van der Waals surface area contributed by atoms with Crippen LogP contribution >= 0.6 is 12.4 Å². The molecule has 1 aromatic carbocycles. The fourth-order valence-electron chi connectivity index (χ4n) is 2.64. The van der Waals surface area contributed by atoms with Gasteiger partial charge in [-0.05, 0) is 48.0 Å². The van der Waals surface area contributed by atoms with Gasteiger partial charge >= 0.3 is 5.97 Å². The average Bonchev–Trinajstić information content (AvgIpc) is 2.43. The lowest BCUT2D eigenvalue weighted by Crippen LogP contribution is -2.20. The molecule has 0 radical (unpaired) electrons. The van der Waals surface area contributed by atoms with Crippen molar-refractivity contribution in [2.75, 3.05) is 27.2 Å². The van der Waals surface area contributed by atoms with E-state index in [9.17, 15) is 9.90 Å². The van der Waals surface area contributed by atoms with Crippen LogP contribution < -0.4 is 0 Å². The normalized spacial score (nSPS) is 12.0. The Morgan fingerprint density at radius 3 is 1.88 bits per heavy atom. The summed E-state index contributed by atoms with van der Waals surface area (Å²) in [6, 6.07) is 4.05. The highest BCUT2D eigenvalue weighted by atomic mass is 35.5. The zero-order valence-corrected chi connectivity index (χ0v) is 18.4. The van der Waals surface area contributed by atoms with Crippen molar-refractivity contribution in [2.45, 2.75) is 65.2 Å². The summed E-state index contributed by atoms with van der Waals surface area (Å²) < 4.78 is 5.26. The second kappa shape index (κ2) is 9.61. The number of carbonyl (C=O) groups is 1. The van der Waals surface area contributed by atoms with Crippen LogP contribution in [0.2, 0.25) is 0 Å². The number of hydrogen-bond donors (Lipinski definition) is 1. The molecule has 1 aromatic rings. The molecule has 0 aliphatic heterocycles. The molecule has 0 spiro atoms. The Hall–Kier alpha value is -1.26. The number of ether oxygens (including phenoxy) is 1. The molecule has 5 heteroatoms. The highest BCUT2D eigenvalue weighted by Gasteiger charge is 2.26. The minimum absolute atomic E-state index is 0. The summed E-state index contributed by atoms with van der Waals surface area (Å²) in [6.07, 6.45) is 0.971. The summed E-state index contributed by atoms with van der Waals surface area (Å²) in [5.41, 5.74) is 2.60. The van der Waals surface area contributed by atoms with E-state index >= 15 is 0 Å². The smallest absolute Gasteiger partial charge is 0.306 e. The highest BCUT2D eigenvalue weighted by Crippen LogP contribution is 2.39. The van der Waals surface area contributed by atoms with Crippen LogP contribution in [-0.2, 0) is 26.8 Å². The molecular weight excluding hydrogens is 350 g/mol. The van der Waals surface area contributed by atoms with Crippen LogP contribution in [0.25, 0.3) is 0 Å². The third-order valence-corrected chi connectivity index (χ3v) is 4.21. The third-order valence-electron chi connectivity index (χ3n) is 4.21. The zero-order chi connectivity index (χ0) is 19.4. The molecule has 4 nitrogen and oxygen atoms in total. The second-order valence-electron chi connectivity index (χ2n) is 9.06. The minimum Gasteiger partial charge on any atom is -0.507 e. The monoisotopic (exact) mass is 385 g/mol. The highest BCUT2D eigenvalue weighted by molar-refractivity contribution is 5.85. The molecule has 1 rings (SSSR count). The summed E-state index contributed by atoms with van der Waals surface area (Å²) in [7, 11) is 3.90. The Morgan fingerprint density at radius 1 is 1.04 bits per heavy atom. The molecule has 0 aromatic heterocycles. The lowest BCUT2D eigenvalue weighted by atomic mass is 9.78. The Balaban J connectivity index is 0.00000625. The van der Waals surface area contributed by atoms with Gasteiger partial charge in [0.2, 0.25) is 0 Å². The number of likely N-dealkylation sites (N-methyl/N-ethyl adjacent to an activating group) is 1. The molecular formula is C21H36ClNO3. The maximum absolute atomic E-state index is 11.9. The van der Waals surface area contributed by atoms with Crippen molar-refractivity contribution < 1.29 is 14.6 Å². The number of hydrogen-bond acceptors (Lipinski definition) is 4. The van der Waals surface area contributed by atoms with Gasteiger partial charge in [-0.3, -0.25) is 4.79 Å². The van der Waals surface area contributed by atoms with Crippen molar-refractivity contribution in [1.29, 1.82) is 0 Å². The van der Waals surface area contributed by atoms with Crippen LogP contribution in [0.3, 0.4) is 0 Å². The quantitative estimate of drug-likeness (QED) is 0.735. The van der Waals surface area contributed by atoms with E-state index < -0.39 is 0 Å². The fraction of sp³-hybridized carbons (Fsp3) is 0.667. The van der Waals surface area contributed by atoms with Gasteiger partial charge in [0.25, 0.3) is 0 Å². The molecule has 26 heavy (non-hydrogen) atoms. The van der Waals surface area contributed by atoms with Crippen LogP contribution in [0.1, 0.15) is 64.7 Å². The number of esters is 1. The molecule has 0 aliphatic carbocycles. The van der Waals surface area contributed by atoms with E-state index in [-0.39, 0.29) is 29.2 Å². The maximum Gasteiger partial charge on any atom is 0.306 e. The van der Waals surface area contributed by atoms with Crippen molar-refractivity contribution in [1.82, 2.24) is 4.90 Å². The van der Waals surface area contributed by atoms with Crippen LogP contribution in [0.4, 0.5) is 0 Å². The first-order valence-electron chi connectivity index (χ1n) is 8.99. The number of rotatable bonds is 6. The lowest BCUT2D eigenvalue weighted by Gasteiger charge is -2.28. The lowest BCUT2D eigenvalue weighted by molar-refractivity contribution is -0.143. The number of aryl methyl sites for hydroxylation is 1. The summed E-state index contributed by atoms with van der Waals surface area (Å²) >= 11 is 0. The van der Waals surface area contributed by atoms with Crippen molar-refractivity contribution in [2.24, 2.45) is 0 Å². The van der Waals surface area contributed by atoms with Crippen molar-refractivity contribution in [3.8, 4) is 5.75 Å². The largest absolute Gasteiger partial charge is 0.507 e. The van der Waals surface area contributed by atoms with Gasteiger partial charge in [-0.2, -0.15) is 0 Å². The maximum atomic E-state index is 11.9. The number of benzene rings is 1. The Morgan fingerprint density at radius 2 is 1.50 bits per heavy atom. The van der Waals surface area contributed by atoms with Gasteiger partial charge in [0.15, 0.2) is 0 Å². The number of nitrogens with zero attached hydrogens (tertiary/aromatic N) is 1. The van der Waals surface area contributed by atoms with Gasteiger partial charge < -0.3 is 14.7 Å². The molecule has 0 bridgehead atoms. The van der Waals surface area contributed by atoms with Crippen molar-refractivity contribution in [3.05, 3.63) is 28.8 Å². The van der Waals surface area contributed by atoms with Crippen LogP contribution in [0.5, 0.6) is 5.75 Å². The summed E-state index contributed by atoms with van der Waals surface area (Å²) in [5, 5.41) is 10.7. The minimum atomic E-state index is -0.176. The first kappa shape index (κ1) is 24.7. The zero-order valence-electron chi connectivity index (χ0n) is 17.6. The molecule has 0 saturated heterocycles. The molecule has 0 saturated carbocycles. The van der Waals surface area contributed by atoms with E-state index in [0.717, 1.165) is 23.2 Å². The Labute approximate surface area is 165 Å². The van der Waals surface area contributed by atoms with Crippen molar-refractivity contribution in [3.63, 3.8) is 0 Å². The molecule has 0 heterocycles. The van der Waals surface area contributed by atoms with Gasteiger partial charge in [0.1, 0.15) is 12.4 Å². The van der Waals surface area contributed by atoms with E-state index in [1.165, 1.54) is 0 Å². The molecule has 150 valence electrons. The number of carbonyl (C=O) groups excluding carboxylic acids is 1. The number of phenolic OH excluding ortho intramolecular Hbond substituents is 1. The third kappa shape index (κ3) is 7.55. The number of aromatic hydroxyl groups is 1. The van der Waals surface area contributed by atoms with E-state index in [1.807, 2.05) is 31.1 Å². The van der Waals surface area contributed by atoms with E-state index in [2.05, 4.69) is 41.5 Å². The standard InChI is InChI=1S/C21H35NO3.ClH/c1-20(2,3)16-13-15(14-17(19(16)24)21(4,5)6)9-10-18(23)25-12-11-22(7)8;/h13-14,24H,9-12H2,1-8H3;1H. The van der Waals surface area contributed by atoms with Gasteiger partial charge in [0, 0.05) is 13.0 Å². The molecule has 0 fully saturated rings. The SMILES string of the molecule is CN(C)CCOC(=O)CCc1cc(C(C)(C)C)c(O)c(C(C)(C)C)c1.Cl. The van der Waals surface area contributed by atoms with Gasteiger partial charge in [0.05, 0.1) is 0 Å².